The number of carbonyl (C=O) groups excluding carboxylic acids is 9. The van der Waals surface area contributed by atoms with Crippen LogP contribution in [-0.2, 0) is 59.2 Å². The van der Waals surface area contributed by atoms with E-state index in [-0.39, 0.29) is 61.4 Å². The molecule has 18 N–H and O–H groups in total. The monoisotopic (exact) mass is 1040 g/mol. The molecule has 0 aromatic heterocycles. The summed E-state index contributed by atoms with van der Waals surface area (Å²) in [5.41, 5.74) is 18.8. The number of thiol groups is 2. The van der Waals surface area contributed by atoms with Gasteiger partial charge in [-0.05, 0) is 55.2 Å². The maximum atomic E-state index is 13.2. The number of carboxylic acid groups (broad SMARTS) is 2. The Hall–Kier alpha value is -6.23. The van der Waals surface area contributed by atoms with E-state index < -0.39 is 120 Å². The molecule has 26 nitrogen and oxygen atoms in total. The standard InChI is InChI=1S/C23H35N5O7S.C20H35N7O7S/c1-3-12(2)19(23(35)26-16(20(25)32)8-9-18(30)31)28-22(34)17(27-21(33)15(24)11-36)10-13-4-6-14(29)7-5-13;1-10(2)6-11(17(31)23-8-15(21)28)24-19(33)14-4-3-5-27(14)20(34)13(9-35)25-18(32)12(26-22)7-16(29)30/h4-7,12,15-17,19,29,36H,3,8-11,24H2,1-2H3,(H2,25,32)(H,26,35)(H,27,33)(H,28,34)(H,30,31);10-14,26,35H,3-9,22H2,1-2H3,(H2,21,28)(H,23,31)(H,24,33)(H,25,32)(H,29,30)/t12-,15-,16-,17-,19-;11-,12-,13-,14-/m00/s1. The summed E-state index contributed by atoms with van der Waals surface area (Å²) < 4.78 is 0. The number of likely N-dealkylation sites (tertiary alicyclic amines) is 1. The zero-order valence-electron chi connectivity index (χ0n) is 40.1. The second kappa shape index (κ2) is 31.9. The molecule has 1 aliphatic heterocycles. The topological polar surface area (TPSA) is 440 Å². The average molecular weight is 1040 g/mol. The molecule has 71 heavy (non-hydrogen) atoms. The van der Waals surface area contributed by atoms with Crippen molar-refractivity contribution in [1.29, 1.82) is 0 Å². The molecule has 1 aliphatic rings. The van der Waals surface area contributed by atoms with Crippen LogP contribution >= 0.6 is 25.3 Å². The highest BCUT2D eigenvalue weighted by Gasteiger charge is 2.39. The van der Waals surface area contributed by atoms with Crippen LogP contribution in [0.5, 0.6) is 5.75 Å². The van der Waals surface area contributed by atoms with Crippen molar-refractivity contribution < 1.29 is 68.1 Å². The van der Waals surface area contributed by atoms with E-state index in [2.05, 4.69) is 62.6 Å². The van der Waals surface area contributed by atoms with E-state index in [1.165, 1.54) is 17.0 Å². The van der Waals surface area contributed by atoms with Crippen molar-refractivity contribution in [1.82, 2.24) is 42.2 Å². The Morgan fingerprint density at radius 1 is 0.746 bits per heavy atom. The van der Waals surface area contributed by atoms with E-state index in [4.69, 9.17) is 33.3 Å². The number of rotatable bonds is 29. The van der Waals surface area contributed by atoms with Gasteiger partial charge < -0.3 is 69.3 Å². The molecular formula is C43H70N12O14S2. The van der Waals surface area contributed by atoms with Gasteiger partial charge in [-0.25, -0.2) is 5.43 Å². The second-order valence-electron chi connectivity index (χ2n) is 17.1. The summed E-state index contributed by atoms with van der Waals surface area (Å²) >= 11 is 8.11. The highest BCUT2D eigenvalue weighted by Crippen LogP contribution is 2.20. The molecule has 28 heteroatoms. The third-order valence-electron chi connectivity index (χ3n) is 11.0. The highest BCUT2D eigenvalue weighted by molar-refractivity contribution is 7.80. The summed E-state index contributed by atoms with van der Waals surface area (Å²) in [6.45, 7) is 7.11. The SMILES string of the molecule is CC(C)C[C@H](NC(=O)[C@@H]1CCCN1C(=O)[C@H](CS)NC(=O)[C@H](CC(=O)O)NN)C(=O)NCC(N)=O.CC[C@H](C)[C@H](NC(=O)[C@H](Cc1ccc(O)cc1)NC(=O)[C@@H](N)CS)C(=O)N[C@@H](CCC(=O)O)C(N)=O. The number of nitrogens with zero attached hydrogens (tertiary/aromatic N) is 1. The number of hydrogen-bond donors (Lipinski definition) is 16. The van der Waals surface area contributed by atoms with E-state index in [1.54, 1.807) is 26.0 Å². The molecule has 0 spiro atoms. The molecule has 1 saturated heterocycles. The number of nitrogens with two attached hydrogens (primary N) is 4. The van der Waals surface area contributed by atoms with Crippen LogP contribution in [0.1, 0.15) is 78.2 Å². The minimum Gasteiger partial charge on any atom is -0.508 e. The molecule has 0 aliphatic carbocycles. The van der Waals surface area contributed by atoms with Gasteiger partial charge in [0, 0.05) is 30.9 Å². The van der Waals surface area contributed by atoms with Crippen molar-refractivity contribution in [3.63, 3.8) is 0 Å². The molecule has 1 aromatic carbocycles. The van der Waals surface area contributed by atoms with Gasteiger partial charge >= 0.3 is 11.9 Å². The minimum absolute atomic E-state index is 0.0290. The fourth-order valence-electron chi connectivity index (χ4n) is 6.84. The van der Waals surface area contributed by atoms with Gasteiger partial charge in [-0.3, -0.25) is 58.6 Å². The minimum atomic E-state index is -1.27. The Bertz CT molecular complexity index is 2020. The van der Waals surface area contributed by atoms with Gasteiger partial charge in [0.2, 0.25) is 53.2 Å². The number of primary amides is 2. The fraction of sp³-hybridized carbons (Fsp3) is 0.605. The lowest BCUT2D eigenvalue weighted by atomic mass is 9.96. The van der Waals surface area contributed by atoms with Crippen LogP contribution in [0.15, 0.2) is 24.3 Å². The van der Waals surface area contributed by atoms with E-state index in [1.807, 2.05) is 13.8 Å². The Balaban J connectivity index is 0.000000710. The summed E-state index contributed by atoms with van der Waals surface area (Å²) in [4.78, 5) is 135. The average Bonchev–Trinajstić information content (AvgIpc) is 3.81. The lowest BCUT2D eigenvalue weighted by molar-refractivity contribution is -0.143. The number of amides is 9. The van der Waals surface area contributed by atoms with Gasteiger partial charge in [0.15, 0.2) is 0 Å². The maximum absolute atomic E-state index is 13.2. The summed E-state index contributed by atoms with van der Waals surface area (Å²) in [7, 11) is 0. The quantitative estimate of drug-likeness (QED) is 0.0206. The van der Waals surface area contributed by atoms with Crippen LogP contribution in [0, 0.1) is 11.8 Å². The maximum Gasteiger partial charge on any atom is 0.305 e. The number of hydrazine groups is 1. The first kappa shape index (κ1) is 62.8. The predicted octanol–water partition coefficient (Wildman–Crippen LogP) is -4.13. The van der Waals surface area contributed by atoms with Crippen LogP contribution in [0.3, 0.4) is 0 Å². The van der Waals surface area contributed by atoms with Crippen molar-refractivity contribution in [2.24, 2.45) is 34.9 Å². The number of carboxylic acids is 2. The number of benzene rings is 1. The molecule has 9 amide bonds. The van der Waals surface area contributed by atoms with Crippen LogP contribution in [0.4, 0.5) is 0 Å². The Labute approximate surface area is 421 Å². The summed E-state index contributed by atoms with van der Waals surface area (Å²) in [6, 6.07) is -2.62. The van der Waals surface area contributed by atoms with Crippen LogP contribution < -0.4 is 60.4 Å². The molecular weight excluding hydrogens is 973 g/mol. The second-order valence-corrected chi connectivity index (χ2v) is 17.8. The molecule has 1 fully saturated rings. The zero-order valence-corrected chi connectivity index (χ0v) is 41.8. The first-order valence-corrected chi connectivity index (χ1v) is 23.9. The molecule has 0 unspecified atom stereocenters. The van der Waals surface area contributed by atoms with Crippen molar-refractivity contribution in [2.45, 2.75) is 127 Å². The van der Waals surface area contributed by atoms with Gasteiger partial charge in [0.25, 0.3) is 0 Å². The van der Waals surface area contributed by atoms with Gasteiger partial charge in [0.1, 0.15) is 48.0 Å². The Morgan fingerprint density at radius 2 is 1.34 bits per heavy atom. The number of aliphatic carboxylic acids is 2. The first-order valence-electron chi connectivity index (χ1n) is 22.6. The molecule has 398 valence electrons. The number of nitrogens with one attached hydrogen (secondary N) is 7. The van der Waals surface area contributed by atoms with Crippen LogP contribution in [-0.4, -0.2) is 158 Å². The van der Waals surface area contributed by atoms with Gasteiger partial charge in [-0.15, -0.1) is 0 Å². The van der Waals surface area contributed by atoms with Crippen molar-refractivity contribution in [2.75, 3.05) is 24.6 Å². The molecule has 9 atom stereocenters. The van der Waals surface area contributed by atoms with Crippen LogP contribution in [0.25, 0.3) is 0 Å². The molecule has 1 heterocycles. The fourth-order valence-corrected chi connectivity index (χ4v) is 7.25. The van der Waals surface area contributed by atoms with E-state index >= 15 is 0 Å². The number of aromatic hydroxyl groups is 1. The van der Waals surface area contributed by atoms with Crippen molar-refractivity contribution in [3.05, 3.63) is 29.8 Å². The molecule has 0 bridgehead atoms. The highest BCUT2D eigenvalue weighted by atomic mass is 32.1. The van der Waals surface area contributed by atoms with Crippen molar-refractivity contribution in [3.8, 4) is 5.75 Å². The van der Waals surface area contributed by atoms with Gasteiger partial charge in [-0.2, -0.15) is 25.3 Å². The number of phenols is 1. The summed E-state index contributed by atoms with van der Waals surface area (Å²) in [5.74, 6) is -3.68. The molecule has 0 radical (unpaired) electrons. The summed E-state index contributed by atoms with van der Waals surface area (Å²) in [6.07, 6.45) is 0.477. The zero-order chi connectivity index (χ0) is 54.1. The molecule has 1 aromatic rings. The predicted molar refractivity (Wildman–Crippen MR) is 262 cm³/mol. The third kappa shape index (κ3) is 22.6. The Kier molecular flexibility index (Phi) is 28.2. The largest absolute Gasteiger partial charge is 0.508 e. The van der Waals surface area contributed by atoms with E-state index in [9.17, 15) is 57.8 Å². The van der Waals surface area contributed by atoms with Gasteiger partial charge in [-0.1, -0.05) is 46.2 Å². The number of phenolic OH excluding ortho intramolecular Hbond substituents is 1. The van der Waals surface area contributed by atoms with Crippen LogP contribution in [0.2, 0.25) is 0 Å². The number of carbonyl (C=O) groups is 11. The lowest BCUT2D eigenvalue weighted by Crippen LogP contribution is -2.59. The first-order chi connectivity index (χ1) is 33.3. The number of hydrogen-bond acceptors (Lipinski definition) is 17. The smallest absolute Gasteiger partial charge is 0.305 e. The van der Waals surface area contributed by atoms with Gasteiger partial charge in [0.05, 0.1) is 19.0 Å². The lowest BCUT2D eigenvalue weighted by Gasteiger charge is -2.30. The van der Waals surface area contributed by atoms with E-state index in [0.717, 1.165) is 0 Å². The Morgan fingerprint density at radius 3 is 1.85 bits per heavy atom. The third-order valence-corrected chi connectivity index (χ3v) is 11.7. The van der Waals surface area contributed by atoms with E-state index in [0.29, 0.717) is 31.2 Å². The van der Waals surface area contributed by atoms with Crippen molar-refractivity contribution >= 4 is 90.4 Å². The molecule has 0 saturated carbocycles. The normalized spacial score (nSPS) is 16.4. The molecule has 2 rings (SSSR count). The summed E-state index contributed by atoms with van der Waals surface area (Å²) in [5, 5.41) is 42.3.